The number of thiocarbonyl (C=S) groups is 1. The second kappa shape index (κ2) is 2.70. The van der Waals surface area contributed by atoms with Crippen molar-refractivity contribution in [3.05, 3.63) is 27.9 Å². The van der Waals surface area contributed by atoms with E-state index in [1.807, 2.05) is 0 Å². The van der Waals surface area contributed by atoms with E-state index in [0.29, 0.717) is 11.4 Å². The lowest BCUT2D eigenvalue weighted by Crippen LogP contribution is -2.12. The summed E-state index contributed by atoms with van der Waals surface area (Å²) < 4.78 is 0. The molecule has 4 heteroatoms. The highest BCUT2D eigenvalue weighted by Crippen LogP contribution is 1.83. The highest BCUT2D eigenvalue weighted by atomic mass is 32.1. The summed E-state index contributed by atoms with van der Waals surface area (Å²) in [6.07, 6.45) is 1.50. The van der Waals surface area contributed by atoms with Crippen molar-refractivity contribution in [1.82, 2.24) is 9.97 Å². The molecule has 52 valence electrons. The van der Waals surface area contributed by atoms with Crippen molar-refractivity contribution in [1.29, 1.82) is 0 Å². The highest BCUT2D eigenvalue weighted by Gasteiger charge is 1.92. The van der Waals surface area contributed by atoms with E-state index in [-0.39, 0.29) is 5.56 Å². The molecule has 3 nitrogen and oxygen atoms in total. The van der Waals surface area contributed by atoms with Crippen LogP contribution < -0.4 is 5.56 Å². The normalized spacial score (nSPS) is 9.30. The smallest absolute Gasteiger partial charge is 0.254 e. The van der Waals surface area contributed by atoms with Crippen molar-refractivity contribution in [2.75, 3.05) is 0 Å². The maximum atomic E-state index is 10.8. The summed E-state index contributed by atoms with van der Waals surface area (Å²) in [5.74, 6) is 0.436. The molecule has 0 fully saturated rings. The van der Waals surface area contributed by atoms with Gasteiger partial charge in [0.25, 0.3) is 5.56 Å². The summed E-state index contributed by atoms with van der Waals surface area (Å²) in [5.41, 5.74) is 0.465. The lowest BCUT2D eigenvalue weighted by atomic mass is 10.4. The number of rotatable bonds is 1. The van der Waals surface area contributed by atoms with Crippen LogP contribution >= 0.6 is 12.2 Å². The molecule has 0 spiro atoms. The van der Waals surface area contributed by atoms with Crippen molar-refractivity contribution in [2.24, 2.45) is 0 Å². The molecule has 0 aliphatic heterocycles. The zero-order chi connectivity index (χ0) is 7.56. The number of aromatic amines is 1. The Bertz CT molecular complexity index is 305. The number of H-pyrrole nitrogens is 1. The van der Waals surface area contributed by atoms with Crippen LogP contribution in [0.3, 0.4) is 0 Å². The molecular formula is C6H6N2OS. The van der Waals surface area contributed by atoms with Crippen LogP contribution in [0.1, 0.15) is 11.4 Å². The first-order valence-electron chi connectivity index (χ1n) is 2.75. The Morgan fingerprint density at radius 3 is 3.00 bits per heavy atom. The van der Waals surface area contributed by atoms with Crippen LogP contribution in [0.2, 0.25) is 0 Å². The molecule has 1 rings (SSSR count). The number of nitrogens with one attached hydrogen (secondary N) is 1. The maximum absolute atomic E-state index is 10.8. The van der Waals surface area contributed by atoms with Gasteiger partial charge >= 0.3 is 0 Å². The largest absolute Gasteiger partial charge is 0.306 e. The molecule has 1 N–H and O–H groups in total. The van der Waals surface area contributed by atoms with Gasteiger partial charge in [-0.2, -0.15) is 0 Å². The van der Waals surface area contributed by atoms with Gasteiger partial charge in [0, 0.05) is 17.1 Å². The molecule has 0 saturated heterocycles. The van der Waals surface area contributed by atoms with Gasteiger partial charge in [0.15, 0.2) is 0 Å². The third-order valence-corrected chi connectivity index (χ3v) is 1.33. The molecule has 0 aliphatic rings. The quantitative estimate of drug-likeness (QED) is 0.596. The van der Waals surface area contributed by atoms with E-state index in [4.69, 9.17) is 0 Å². The molecule has 0 saturated carbocycles. The Morgan fingerprint density at radius 1 is 1.80 bits per heavy atom. The van der Waals surface area contributed by atoms with Gasteiger partial charge in [-0.25, -0.2) is 4.98 Å². The Labute approximate surface area is 63.1 Å². The van der Waals surface area contributed by atoms with Gasteiger partial charge in [-0.1, -0.05) is 12.2 Å². The van der Waals surface area contributed by atoms with Gasteiger partial charge < -0.3 is 4.98 Å². The van der Waals surface area contributed by atoms with Gasteiger partial charge in [0.2, 0.25) is 0 Å². The van der Waals surface area contributed by atoms with E-state index in [0.717, 1.165) is 0 Å². The van der Waals surface area contributed by atoms with Gasteiger partial charge in [-0.15, -0.1) is 0 Å². The predicted molar refractivity (Wildman–Crippen MR) is 42.4 cm³/mol. The lowest BCUT2D eigenvalue weighted by Gasteiger charge is -1.90. The second-order valence-electron chi connectivity index (χ2n) is 1.90. The fraction of sp³-hybridized carbons (Fsp3) is 0.167. The van der Waals surface area contributed by atoms with Gasteiger partial charge in [-0.3, -0.25) is 4.79 Å². The standard InChI is InChI=1S/C6H6N2OS/c1-4-2-7-5(3-10)8-6(4)9/h2-3H,1H3,(H,7,8,9). The van der Waals surface area contributed by atoms with E-state index >= 15 is 0 Å². The van der Waals surface area contributed by atoms with E-state index < -0.39 is 0 Å². The van der Waals surface area contributed by atoms with Crippen LogP contribution in [0.15, 0.2) is 11.0 Å². The monoisotopic (exact) mass is 154 g/mol. The third kappa shape index (κ3) is 1.27. The van der Waals surface area contributed by atoms with Gasteiger partial charge in [-0.05, 0) is 6.92 Å². The minimum Gasteiger partial charge on any atom is -0.306 e. The average molecular weight is 154 g/mol. The van der Waals surface area contributed by atoms with Crippen LogP contribution in [-0.4, -0.2) is 15.3 Å². The van der Waals surface area contributed by atoms with E-state index in [1.54, 1.807) is 6.92 Å². The lowest BCUT2D eigenvalue weighted by molar-refractivity contribution is 1.06. The molecule has 0 radical (unpaired) electrons. The van der Waals surface area contributed by atoms with E-state index in [9.17, 15) is 4.79 Å². The van der Waals surface area contributed by atoms with Crippen LogP contribution in [0.4, 0.5) is 0 Å². The molecule has 0 bridgehead atoms. The first kappa shape index (κ1) is 7.08. The van der Waals surface area contributed by atoms with Crippen LogP contribution in [-0.2, 0) is 0 Å². The minimum absolute atomic E-state index is 0.133. The van der Waals surface area contributed by atoms with Crippen molar-refractivity contribution >= 4 is 17.6 Å². The number of aryl methyl sites for hydroxylation is 1. The highest BCUT2D eigenvalue weighted by molar-refractivity contribution is 7.79. The summed E-state index contributed by atoms with van der Waals surface area (Å²) in [4.78, 5) is 17.2. The molecule has 1 aromatic heterocycles. The summed E-state index contributed by atoms with van der Waals surface area (Å²) >= 11 is 4.56. The minimum atomic E-state index is -0.133. The molecule has 10 heavy (non-hydrogen) atoms. The Hall–Kier alpha value is -1.03. The zero-order valence-corrected chi connectivity index (χ0v) is 6.23. The Morgan fingerprint density at radius 2 is 2.50 bits per heavy atom. The topological polar surface area (TPSA) is 45.8 Å². The molecule has 0 aliphatic carbocycles. The molecule has 0 aromatic carbocycles. The fourth-order valence-corrected chi connectivity index (χ4v) is 0.652. The Balaban J connectivity index is 3.30. The maximum Gasteiger partial charge on any atom is 0.254 e. The van der Waals surface area contributed by atoms with Crippen molar-refractivity contribution in [3.8, 4) is 0 Å². The molecule has 0 amide bonds. The summed E-state index contributed by atoms with van der Waals surface area (Å²) in [6.45, 7) is 1.69. The van der Waals surface area contributed by atoms with Crippen molar-refractivity contribution < 1.29 is 0 Å². The molecule has 0 atom stereocenters. The summed E-state index contributed by atoms with van der Waals surface area (Å²) in [6, 6.07) is 0. The van der Waals surface area contributed by atoms with E-state index in [1.165, 1.54) is 11.6 Å². The fourth-order valence-electron chi connectivity index (χ4n) is 0.532. The SMILES string of the molecule is Cc1cnc(C=S)[nH]c1=O. The van der Waals surface area contributed by atoms with Crippen LogP contribution in [0.25, 0.3) is 0 Å². The van der Waals surface area contributed by atoms with Crippen LogP contribution in [0.5, 0.6) is 0 Å². The summed E-state index contributed by atoms with van der Waals surface area (Å²) in [7, 11) is 0. The van der Waals surface area contributed by atoms with Crippen molar-refractivity contribution in [3.63, 3.8) is 0 Å². The van der Waals surface area contributed by atoms with Crippen LogP contribution in [0, 0.1) is 6.92 Å². The number of hydrogen-bond acceptors (Lipinski definition) is 3. The first-order chi connectivity index (χ1) is 4.74. The zero-order valence-electron chi connectivity index (χ0n) is 5.42. The first-order valence-corrected chi connectivity index (χ1v) is 3.22. The number of aromatic nitrogens is 2. The third-order valence-electron chi connectivity index (χ3n) is 1.11. The van der Waals surface area contributed by atoms with Crippen molar-refractivity contribution in [2.45, 2.75) is 6.92 Å². The number of nitrogens with zero attached hydrogens (tertiary/aromatic N) is 1. The average Bonchev–Trinajstić information content (AvgIpc) is 1.95. The molecular weight excluding hydrogens is 148 g/mol. The van der Waals surface area contributed by atoms with Gasteiger partial charge in [0.1, 0.15) is 5.82 Å². The summed E-state index contributed by atoms with van der Waals surface area (Å²) in [5, 5.41) is 1.33. The van der Waals surface area contributed by atoms with Gasteiger partial charge in [0.05, 0.1) is 0 Å². The number of hydrogen-bond donors (Lipinski definition) is 1. The molecule has 1 heterocycles. The molecule has 0 unspecified atom stereocenters. The second-order valence-corrected chi connectivity index (χ2v) is 2.13. The predicted octanol–water partition coefficient (Wildman–Crippen LogP) is 0.426. The molecule has 1 aromatic rings. The van der Waals surface area contributed by atoms with E-state index in [2.05, 4.69) is 22.2 Å². The Kier molecular flexibility index (Phi) is 1.91.